The molecule has 0 saturated heterocycles. The van der Waals surface area contributed by atoms with E-state index in [0.717, 1.165) is 16.8 Å². The molecule has 0 aliphatic rings. The van der Waals surface area contributed by atoms with Crippen molar-refractivity contribution < 1.29 is 19.4 Å². The molecule has 0 radical (unpaired) electrons. The lowest BCUT2D eigenvalue weighted by Crippen LogP contribution is -2.39. The molecular weight excluding hydrogens is 308 g/mol. The smallest absolute Gasteiger partial charge is 0.405 e. The lowest BCUT2D eigenvalue weighted by atomic mass is 9.93. The third-order valence-corrected chi connectivity index (χ3v) is 3.61. The van der Waals surface area contributed by atoms with Crippen LogP contribution >= 0.6 is 0 Å². The molecule has 0 unspecified atom stereocenters. The van der Waals surface area contributed by atoms with E-state index in [0.29, 0.717) is 19.0 Å². The fourth-order valence-electron chi connectivity index (χ4n) is 2.28. The minimum absolute atomic E-state index is 0.484. The Morgan fingerprint density at radius 3 is 2.42 bits per heavy atom. The SMILES string of the molecule is COCCOc1ccc(-c2ccc(C(C)(C)NC(=O)O)cc2)nc1. The molecule has 128 valence electrons. The Bertz CT molecular complexity index is 666. The topological polar surface area (TPSA) is 80.7 Å². The number of benzene rings is 1. The predicted molar refractivity (Wildman–Crippen MR) is 91.2 cm³/mol. The van der Waals surface area contributed by atoms with Crippen molar-refractivity contribution in [1.29, 1.82) is 0 Å². The zero-order valence-electron chi connectivity index (χ0n) is 14.1. The molecule has 6 heteroatoms. The molecule has 1 aromatic heterocycles. The second-order valence-corrected chi connectivity index (χ2v) is 5.85. The zero-order chi connectivity index (χ0) is 17.6. The number of aromatic nitrogens is 1. The minimum Gasteiger partial charge on any atom is -0.490 e. The van der Waals surface area contributed by atoms with E-state index in [1.54, 1.807) is 13.3 Å². The van der Waals surface area contributed by atoms with Gasteiger partial charge in [-0.2, -0.15) is 0 Å². The molecule has 6 nitrogen and oxygen atoms in total. The van der Waals surface area contributed by atoms with Crippen LogP contribution in [0.3, 0.4) is 0 Å². The lowest BCUT2D eigenvalue weighted by molar-refractivity contribution is 0.146. The summed E-state index contributed by atoms with van der Waals surface area (Å²) in [6.07, 6.45) is 0.629. The van der Waals surface area contributed by atoms with Gasteiger partial charge in [0.2, 0.25) is 0 Å². The average molecular weight is 330 g/mol. The molecule has 1 heterocycles. The number of ether oxygens (including phenoxy) is 2. The fourth-order valence-corrected chi connectivity index (χ4v) is 2.28. The first-order valence-corrected chi connectivity index (χ1v) is 7.62. The van der Waals surface area contributed by atoms with Crippen LogP contribution in [0.5, 0.6) is 5.75 Å². The maximum absolute atomic E-state index is 10.9. The average Bonchev–Trinajstić information content (AvgIpc) is 2.55. The first kappa shape index (κ1) is 17.7. The van der Waals surface area contributed by atoms with E-state index in [1.807, 2.05) is 50.2 Å². The van der Waals surface area contributed by atoms with E-state index in [2.05, 4.69) is 10.3 Å². The van der Waals surface area contributed by atoms with Crippen LogP contribution in [-0.2, 0) is 10.3 Å². The third kappa shape index (κ3) is 4.70. The first-order chi connectivity index (χ1) is 11.4. The largest absolute Gasteiger partial charge is 0.490 e. The van der Waals surface area contributed by atoms with Gasteiger partial charge in [-0.25, -0.2) is 4.79 Å². The number of carbonyl (C=O) groups is 1. The quantitative estimate of drug-likeness (QED) is 0.762. The van der Waals surface area contributed by atoms with E-state index in [9.17, 15) is 4.79 Å². The van der Waals surface area contributed by atoms with Gasteiger partial charge in [-0.3, -0.25) is 4.98 Å². The van der Waals surface area contributed by atoms with Crippen LogP contribution in [0.1, 0.15) is 19.4 Å². The number of carboxylic acid groups (broad SMARTS) is 1. The molecule has 1 amide bonds. The summed E-state index contributed by atoms with van der Waals surface area (Å²) >= 11 is 0. The molecule has 0 aliphatic heterocycles. The monoisotopic (exact) mass is 330 g/mol. The summed E-state index contributed by atoms with van der Waals surface area (Å²) in [4.78, 5) is 15.3. The lowest BCUT2D eigenvalue weighted by Gasteiger charge is -2.25. The maximum atomic E-state index is 10.9. The number of pyridine rings is 1. The summed E-state index contributed by atoms with van der Waals surface area (Å²) in [6, 6.07) is 11.4. The summed E-state index contributed by atoms with van der Waals surface area (Å²) in [5.74, 6) is 0.694. The summed E-state index contributed by atoms with van der Waals surface area (Å²) < 4.78 is 10.4. The van der Waals surface area contributed by atoms with Crippen LogP contribution in [0.2, 0.25) is 0 Å². The van der Waals surface area contributed by atoms with Crippen LogP contribution in [-0.4, -0.2) is 36.5 Å². The van der Waals surface area contributed by atoms with Gasteiger partial charge in [-0.05, 0) is 31.5 Å². The summed E-state index contributed by atoms with van der Waals surface area (Å²) in [7, 11) is 1.63. The van der Waals surface area contributed by atoms with Gasteiger partial charge < -0.3 is 19.9 Å². The van der Waals surface area contributed by atoms with Gasteiger partial charge in [-0.1, -0.05) is 24.3 Å². The van der Waals surface area contributed by atoms with Crippen molar-refractivity contribution in [3.63, 3.8) is 0 Å². The highest BCUT2D eigenvalue weighted by Crippen LogP contribution is 2.25. The molecule has 0 atom stereocenters. The van der Waals surface area contributed by atoms with Crippen molar-refractivity contribution in [2.24, 2.45) is 0 Å². The first-order valence-electron chi connectivity index (χ1n) is 7.62. The maximum Gasteiger partial charge on any atom is 0.405 e. The van der Waals surface area contributed by atoms with Crippen molar-refractivity contribution >= 4 is 6.09 Å². The van der Waals surface area contributed by atoms with E-state index in [4.69, 9.17) is 14.6 Å². The number of nitrogens with zero attached hydrogens (tertiary/aromatic N) is 1. The summed E-state index contributed by atoms with van der Waals surface area (Å²) in [6.45, 7) is 4.66. The summed E-state index contributed by atoms with van der Waals surface area (Å²) in [5, 5.41) is 11.4. The molecular formula is C18H22N2O4. The number of rotatable bonds is 7. The van der Waals surface area contributed by atoms with E-state index in [-0.39, 0.29) is 0 Å². The molecule has 2 rings (SSSR count). The fraction of sp³-hybridized carbons (Fsp3) is 0.333. The number of amides is 1. The highest BCUT2D eigenvalue weighted by molar-refractivity contribution is 5.66. The second kappa shape index (κ2) is 7.79. The number of methoxy groups -OCH3 is 1. The summed E-state index contributed by atoms with van der Waals surface area (Å²) in [5.41, 5.74) is 2.00. The van der Waals surface area contributed by atoms with Gasteiger partial charge in [0.1, 0.15) is 12.4 Å². The molecule has 2 N–H and O–H groups in total. The third-order valence-electron chi connectivity index (χ3n) is 3.61. The molecule has 0 saturated carbocycles. The van der Waals surface area contributed by atoms with Crippen LogP contribution in [0.25, 0.3) is 11.3 Å². The van der Waals surface area contributed by atoms with E-state index < -0.39 is 11.6 Å². The van der Waals surface area contributed by atoms with Gasteiger partial charge in [0.05, 0.1) is 24.0 Å². The molecule has 0 fully saturated rings. The number of hydrogen-bond donors (Lipinski definition) is 2. The molecule has 1 aromatic carbocycles. The Kier molecular flexibility index (Phi) is 5.76. The Morgan fingerprint density at radius 1 is 1.17 bits per heavy atom. The molecule has 2 aromatic rings. The number of hydrogen-bond acceptors (Lipinski definition) is 4. The van der Waals surface area contributed by atoms with E-state index in [1.165, 1.54) is 0 Å². The van der Waals surface area contributed by atoms with Crippen molar-refractivity contribution in [1.82, 2.24) is 10.3 Å². The van der Waals surface area contributed by atoms with Crippen molar-refractivity contribution in [2.45, 2.75) is 19.4 Å². The van der Waals surface area contributed by atoms with Crippen molar-refractivity contribution in [3.8, 4) is 17.0 Å². The van der Waals surface area contributed by atoms with Crippen LogP contribution in [0, 0.1) is 0 Å². The molecule has 24 heavy (non-hydrogen) atoms. The van der Waals surface area contributed by atoms with Crippen molar-refractivity contribution in [2.75, 3.05) is 20.3 Å². The normalized spacial score (nSPS) is 11.1. The van der Waals surface area contributed by atoms with E-state index >= 15 is 0 Å². The van der Waals surface area contributed by atoms with Crippen molar-refractivity contribution in [3.05, 3.63) is 48.2 Å². The Morgan fingerprint density at radius 2 is 1.88 bits per heavy atom. The van der Waals surface area contributed by atoms with Gasteiger partial charge >= 0.3 is 6.09 Å². The van der Waals surface area contributed by atoms with Crippen LogP contribution in [0.15, 0.2) is 42.6 Å². The Labute approximate surface area is 141 Å². The van der Waals surface area contributed by atoms with Gasteiger partial charge in [0.25, 0.3) is 0 Å². The second-order valence-electron chi connectivity index (χ2n) is 5.85. The molecule has 0 bridgehead atoms. The Hall–Kier alpha value is -2.60. The van der Waals surface area contributed by atoms with Crippen LogP contribution < -0.4 is 10.1 Å². The molecule has 0 aliphatic carbocycles. The highest BCUT2D eigenvalue weighted by atomic mass is 16.5. The van der Waals surface area contributed by atoms with Gasteiger partial charge in [-0.15, -0.1) is 0 Å². The standard InChI is InChI=1S/C18H22N2O4/c1-18(2,20-17(21)22)14-6-4-13(5-7-14)16-9-8-15(12-19-16)24-11-10-23-3/h4-9,12,20H,10-11H2,1-3H3,(H,21,22). The predicted octanol–water partition coefficient (Wildman–Crippen LogP) is 3.28. The van der Waals surface area contributed by atoms with Gasteiger partial charge in [0, 0.05) is 12.7 Å². The van der Waals surface area contributed by atoms with Crippen LogP contribution in [0.4, 0.5) is 4.79 Å². The molecule has 0 spiro atoms. The number of nitrogens with one attached hydrogen (secondary N) is 1. The highest BCUT2D eigenvalue weighted by Gasteiger charge is 2.22. The van der Waals surface area contributed by atoms with Gasteiger partial charge in [0.15, 0.2) is 0 Å². The zero-order valence-corrected chi connectivity index (χ0v) is 14.1. The minimum atomic E-state index is -1.05. The Balaban J connectivity index is 2.09.